The van der Waals surface area contributed by atoms with E-state index in [2.05, 4.69) is 29.8 Å². The predicted octanol–water partition coefficient (Wildman–Crippen LogP) is 4.19. The van der Waals surface area contributed by atoms with Crippen LogP contribution in [0.4, 0.5) is 0 Å². The number of imidazole rings is 1. The molecule has 0 fully saturated rings. The summed E-state index contributed by atoms with van der Waals surface area (Å²) in [6.07, 6.45) is 0. The van der Waals surface area contributed by atoms with Gasteiger partial charge in [-0.25, -0.2) is 4.98 Å². The molecule has 0 saturated carbocycles. The van der Waals surface area contributed by atoms with Crippen LogP contribution in [0.25, 0.3) is 11.0 Å². The number of methoxy groups -OCH3 is 1. The van der Waals surface area contributed by atoms with Crippen molar-refractivity contribution >= 4 is 16.9 Å². The van der Waals surface area contributed by atoms with Crippen LogP contribution in [0.2, 0.25) is 0 Å². The molecule has 1 unspecified atom stereocenters. The summed E-state index contributed by atoms with van der Waals surface area (Å²) in [5.74, 6) is 1.97. The van der Waals surface area contributed by atoms with E-state index in [1.165, 1.54) is 0 Å². The lowest BCUT2D eigenvalue weighted by molar-refractivity contribution is 0.0937. The lowest BCUT2D eigenvalue weighted by Gasteiger charge is -2.18. The Kier molecular flexibility index (Phi) is 5.26. The van der Waals surface area contributed by atoms with Gasteiger partial charge in [-0.1, -0.05) is 26.0 Å². The molecule has 0 aliphatic rings. The van der Waals surface area contributed by atoms with Crippen molar-refractivity contribution in [3.63, 3.8) is 0 Å². The zero-order valence-corrected chi connectivity index (χ0v) is 15.7. The van der Waals surface area contributed by atoms with Gasteiger partial charge in [0.2, 0.25) is 0 Å². The average Bonchev–Trinajstić information content (AvgIpc) is 3.00. The molecule has 136 valence electrons. The van der Waals surface area contributed by atoms with Gasteiger partial charge in [0.15, 0.2) is 0 Å². The monoisotopic (exact) mass is 351 g/mol. The van der Waals surface area contributed by atoms with E-state index in [4.69, 9.17) is 9.72 Å². The van der Waals surface area contributed by atoms with E-state index < -0.39 is 0 Å². The van der Waals surface area contributed by atoms with Gasteiger partial charge in [0.1, 0.15) is 11.6 Å². The van der Waals surface area contributed by atoms with Crippen LogP contribution >= 0.6 is 0 Å². The van der Waals surface area contributed by atoms with Crippen LogP contribution < -0.4 is 10.1 Å². The van der Waals surface area contributed by atoms with Gasteiger partial charge in [-0.05, 0) is 49.2 Å². The zero-order chi connectivity index (χ0) is 18.7. The minimum atomic E-state index is -0.198. The lowest BCUT2D eigenvalue weighted by Crippen LogP contribution is -2.29. The van der Waals surface area contributed by atoms with Crippen molar-refractivity contribution in [1.29, 1.82) is 0 Å². The number of nitrogens with zero attached hydrogens (tertiary/aromatic N) is 2. The van der Waals surface area contributed by atoms with Gasteiger partial charge in [0.05, 0.1) is 24.2 Å². The lowest BCUT2D eigenvalue weighted by atomic mass is 10.2. The number of ether oxygens (including phenoxy) is 1. The summed E-state index contributed by atoms with van der Waals surface area (Å²) in [7, 11) is 1.61. The highest BCUT2D eigenvalue weighted by molar-refractivity contribution is 5.94. The number of amides is 1. The maximum absolute atomic E-state index is 12.6. The van der Waals surface area contributed by atoms with Crippen molar-refractivity contribution in [2.75, 3.05) is 7.11 Å². The van der Waals surface area contributed by atoms with Crippen LogP contribution in [0.5, 0.6) is 5.75 Å². The molecule has 1 aromatic heterocycles. The van der Waals surface area contributed by atoms with Crippen molar-refractivity contribution in [2.24, 2.45) is 5.92 Å². The Hall–Kier alpha value is -2.82. The second-order valence-electron chi connectivity index (χ2n) is 6.89. The molecule has 0 spiro atoms. The first-order valence-electron chi connectivity index (χ1n) is 8.89. The van der Waals surface area contributed by atoms with Gasteiger partial charge in [-0.15, -0.1) is 0 Å². The fourth-order valence-corrected chi connectivity index (χ4v) is 3.07. The smallest absolute Gasteiger partial charge is 0.251 e. The highest BCUT2D eigenvalue weighted by atomic mass is 16.5. The number of rotatable bonds is 6. The number of fused-ring (bicyclic) bond motifs is 1. The largest absolute Gasteiger partial charge is 0.497 e. The number of aromatic nitrogens is 2. The number of nitrogens with one attached hydrogen (secondary N) is 1. The Morgan fingerprint density at radius 2 is 1.81 bits per heavy atom. The molecule has 1 atom stereocenters. The number of hydrogen-bond acceptors (Lipinski definition) is 3. The summed E-state index contributed by atoms with van der Waals surface area (Å²) in [5, 5.41) is 3.06. The fraction of sp³-hybridized carbons (Fsp3) is 0.333. The van der Waals surface area contributed by atoms with E-state index in [0.717, 1.165) is 29.2 Å². The highest BCUT2D eigenvalue weighted by Gasteiger charge is 2.19. The number of carbonyl (C=O) groups excluding carboxylic acids is 1. The molecule has 0 aliphatic heterocycles. The minimum Gasteiger partial charge on any atom is -0.497 e. The third kappa shape index (κ3) is 3.72. The average molecular weight is 351 g/mol. The topological polar surface area (TPSA) is 56.1 Å². The molecule has 26 heavy (non-hydrogen) atoms. The Morgan fingerprint density at radius 1 is 1.12 bits per heavy atom. The minimum absolute atomic E-state index is 0.122. The summed E-state index contributed by atoms with van der Waals surface area (Å²) in [6, 6.07) is 15.0. The van der Waals surface area contributed by atoms with Gasteiger partial charge in [0, 0.05) is 12.1 Å². The Morgan fingerprint density at radius 3 is 2.46 bits per heavy atom. The Bertz CT molecular complexity index is 897. The predicted molar refractivity (Wildman–Crippen MR) is 103 cm³/mol. The molecule has 2 aromatic carbocycles. The molecule has 1 amide bonds. The maximum Gasteiger partial charge on any atom is 0.251 e. The summed E-state index contributed by atoms with van der Waals surface area (Å²) in [5.41, 5.74) is 2.65. The first kappa shape index (κ1) is 18.0. The van der Waals surface area contributed by atoms with Crippen LogP contribution in [0.15, 0.2) is 48.5 Å². The van der Waals surface area contributed by atoms with Crippen LogP contribution in [0, 0.1) is 5.92 Å². The Balaban J connectivity index is 1.86. The Labute approximate surface area is 154 Å². The van der Waals surface area contributed by atoms with Gasteiger partial charge >= 0.3 is 0 Å². The molecule has 5 heteroatoms. The SMILES string of the molecule is COc1ccc(C(=O)NC(C)c2nc3ccccc3n2CC(C)C)cc1. The first-order chi connectivity index (χ1) is 12.5. The van der Waals surface area contributed by atoms with Crippen molar-refractivity contribution in [1.82, 2.24) is 14.9 Å². The molecule has 1 N–H and O–H groups in total. The van der Waals surface area contributed by atoms with Gasteiger partial charge in [-0.3, -0.25) is 4.79 Å². The second kappa shape index (κ2) is 7.60. The molecule has 0 aliphatic carbocycles. The van der Waals surface area contributed by atoms with E-state index in [1.54, 1.807) is 31.4 Å². The van der Waals surface area contributed by atoms with Crippen molar-refractivity contribution in [3.05, 3.63) is 59.9 Å². The highest BCUT2D eigenvalue weighted by Crippen LogP contribution is 2.22. The van der Waals surface area contributed by atoms with Crippen LogP contribution in [0.1, 0.15) is 43.0 Å². The van der Waals surface area contributed by atoms with Crippen LogP contribution in [0.3, 0.4) is 0 Å². The molecular formula is C21H25N3O2. The fourth-order valence-electron chi connectivity index (χ4n) is 3.07. The van der Waals surface area contributed by atoms with E-state index in [0.29, 0.717) is 11.5 Å². The van der Waals surface area contributed by atoms with Crippen molar-refractivity contribution in [3.8, 4) is 5.75 Å². The van der Waals surface area contributed by atoms with Crippen LogP contribution in [-0.4, -0.2) is 22.6 Å². The number of benzene rings is 2. The van der Waals surface area contributed by atoms with E-state index in [1.807, 2.05) is 25.1 Å². The van der Waals surface area contributed by atoms with Gasteiger partial charge in [0.25, 0.3) is 5.91 Å². The van der Waals surface area contributed by atoms with Crippen molar-refractivity contribution < 1.29 is 9.53 Å². The molecule has 1 heterocycles. The third-order valence-corrected chi connectivity index (χ3v) is 4.32. The van der Waals surface area contributed by atoms with E-state index in [-0.39, 0.29) is 11.9 Å². The number of carbonyl (C=O) groups is 1. The van der Waals surface area contributed by atoms with Crippen LogP contribution in [-0.2, 0) is 6.54 Å². The summed E-state index contributed by atoms with van der Waals surface area (Å²) in [4.78, 5) is 17.4. The van der Waals surface area contributed by atoms with Gasteiger partial charge < -0.3 is 14.6 Å². The summed E-state index contributed by atoms with van der Waals surface area (Å²) >= 11 is 0. The standard InChI is InChI=1S/C21H25N3O2/c1-14(2)13-24-19-8-6-5-7-18(19)23-20(24)15(3)22-21(25)16-9-11-17(26-4)12-10-16/h5-12,14-15H,13H2,1-4H3,(H,22,25). The quantitative estimate of drug-likeness (QED) is 0.724. The summed E-state index contributed by atoms with van der Waals surface area (Å²) < 4.78 is 7.35. The number of para-hydroxylation sites is 2. The van der Waals surface area contributed by atoms with E-state index >= 15 is 0 Å². The maximum atomic E-state index is 12.6. The molecule has 3 rings (SSSR count). The summed E-state index contributed by atoms with van der Waals surface area (Å²) in [6.45, 7) is 7.19. The normalized spacial score (nSPS) is 12.3. The molecular weight excluding hydrogens is 326 g/mol. The molecule has 0 saturated heterocycles. The molecule has 5 nitrogen and oxygen atoms in total. The first-order valence-corrected chi connectivity index (χ1v) is 8.89. The third-order valence-electron chi connectivity index (χ3n) is 4.32. The second-order valence-corrected chi connectivity index (χ2v) is 6.89. The van der Waals surface area contributed by atoms with Crippen molar-refractivity contribution in [2.45, 2.75) is 33.4 Å². The van der Waals surface area contributed by atoms with E-state index in [9.17, 15) is 4.79 Å². The molecule has 0 radical (unpaired) electrons. The van der Waals surface area contributed by atoms with Gasteiger partial charge in [-0.2, -0.15) is 0 Å². The zero-order valence-electron chi connectivity index (χ0n) is 15.7. The number of hydrogen-bond donors (Lipinski definition) is 1. The molecule has 0 bridgehead atoms. The molecule has 3 aromatic rings.